The van der Waals surface area contributed by atoms with E-state index >= 15 is 0 Å². The van der Waals surface area contributed by atoms with Crippen molar-refractivity contribution in [1.29, 1.82) is 5.41 Å². The molecule has 0 fully saturated rings. The smallest absolute Gasteiger partial charge is 0.378 e. The van der Waals surface area contributed by atoms with Crippen LogP contribution < -0.4 is 5.73 Å². The van der Waals surface area contributed by atoms with Crippen molar-refractivity contribution in [2.24, 2.45) is 10.7 Å². The number of nitrogens with zero attached hydrogens (tertiary/aromatic N) is 1. The molecule has 3 N–H and O–H groups in total. The Morgan fingerprint density at radius 1 is 1.17 bits per heavy atom. The van der Waals surface area contributed by atoms with E-state index in [4.69, 9.17) is 22.7 Å². The topological polar surface area (TPSA) is 62.2 Å². The maximum absolute atomic E-state index is 12.9. The van der Waals surface area contributed by atoms with Crippen molar-refractivity contribution in [2.45, 2.75) is 12.6 Å². The lowest BCUT2D eigenvalue weighted by molar-refractivity contribution is -0.137. The van der Waals surface area contributed by atoms with Gasteiger partial charge in [-0.25, -0.2) is 4.99 Å². The molecule has 0 amide bonds. The molecule has 0 saturated heterocycles. The molecule has 0 aromatic heterocycles. The first-order valence-electron chi connectivity index (χ1n) is 6.74. The molecule has 3 nitrogen and oxygen atoms in total. The fourth-order valence-electron chi connectivity index (χ4n) is 2.04. The van der Waals surface area contributed by atoms with E-state index in [-0.39, 0.29) is 10.2 Å². The van der Waals surface area contributed by atoms with Crippen molar-refractivity contribution in [3.05, 3.63) is 64.2 Å². The van der Waals surface area contributed by atoms with Crippen molar-refractivity contribution in [3.8, 4) is 0 Å². The molecule has 2 aromatic rings. The van der Waals surface area contributed by atoms with Gasteiger partial charge in [0.15, 0.2) is 5.17 Å². The largest absolute Gasteiger partial charge is 0.417 e. The number of hydrogen-bond donors (Lipinski definition) is 2. The molecule has 0 aliphatic rings. The van der Waals surface area contributed by atoms with Crippen LogP contribution in [0.25, 0.3) is 0 Å². The van der Waals surface area contributed by atoms with Crippen LogP contribution in [-0.4, -0.2) is 10.7 Å². The third kappa shape index (κ3) is 5.01. The number of thioether (sulfide) groups is 1. The molecule has 2 aromatic carbocycles. The summed E-state index contributed by atoms with van der Waals surface area (Å²) in [6.07, 6.45) is -4.13. The van der Waals surface area contributed by atoms with Crippen molar-refractivity contribution in [2.75, 3.05) is 0 Å². The van der Waals surface area contributed by atoms with Gasteiger partial charge in [-0.3, -0.25) is 0 Å². The van der Waals surface area contributed by atoms with Gasteiger partial charge in [0.05, 0.1) is 21.8 Å². The molecule has 8 heteroatoms. The predicted molar refractivity (Wildman–Crippen MR) is 93.4 cm³/mol. The minimum absolute atomic E-state index is 0.241. The molecule has 0 atom stereocenters. The van der Waals surface area contributed by atoms with Crippen molar-refractivity contribution in [1.82, 2.24) is 0 Å². The lowest BCUT2D eigenvalue weighted by Crippen LogP contribution is -2.06. The van der Waals surface area contributed by atoms with Gasteiger partial charge in [0, 0.05) is 0 Å². The average Bonchev–Trinajstić information content (AvgIpc) is 2.50. The van der Waals surface area contributed by atoms with Gasteiger partial charge in [0.2, 0.25) is 0 Å². The van der Waals surface area contributed by atoms with E-state index in [2.05, 4.69) is 4.99 Å². The first-order valence-corrected chi connectivity index (χ1v) is 7.99. The molecular weight excluding hydrogens is 359 g/mol. The van der Waals surface area contributed by atoms with Gasteiger partial charge in [0.25, 0.3) is 0 Å². The zero-order valence-corrected chi connectivity index (χ0v) is 13.8. The Balaban J connectivity index is 2.17. The quantitative estimate of drug-likeness (QED) is 0.570. The van der Waals surface area contributed by atoms with E-state index in [1.54, 1.807) is 30.3 Å². The summed E-state index contributed by atoms with van der Waals surface area (Å²) in [5, 5.41) is 6.85. The fraction of sp³-hybridized carbons (Fsp3) is 0.125. The summed E-state index contributed by atoms with van der Waals surface area (Å²) < 4.78 is 38.6. The zero-order chi connectivity index (χ0) is 17.7. The Hall–Kier alpha value is -1.99. The Morgan fingerprint density at radius 2 is 1.79 bits per heavy atom. The third-order valence-corrected chi connectivity index (χ3v) is 3.88. The number of nitrogens with two attached hydrogens (primary N) is 1. The van der Waals surface area contributed by atoms with Crippen LogP contribution in [0.4, 0.5) is 18.9 Å². The number of hydrogen-bond acceptors (Lipinski definition) is 3. The number of alkyl halides is 3. The van der Waals surface area contributed by atoms with Crippen LogP contribution in [0, 0.1) is 5.41 Å². The van der Waals surface area contributed by atoms with Crippen LogP contribution in [0.3, 0.4) is 0 Å². The molecule has 0 radical (unpaired) electrons. The highest BCUT2D eigenvalue weighted by Gasteiger charge is 2.33. The van der Waals surface area contributed by atoms with E-state index in [0.29, 0.717) is 17.7 Å². The summed E-state index contributed by atoms with van der Waals surface area (Å²) in [6, 6.07) is 10.9. The van der Waals surface area contributed by atoms with Crippen LogP contribution in [-0.2, 0) is 12.6 Å². The number of aliphatic imine (C=N–C) groups is 1. The lowest BCUT2D eigenvalue weighted by Gasteiger charge is -2.11. The summed E-state index contributed by atoms with van der Waals surface area (Å²) in [4.78, 5) is 4.09. The standard InChI is InChI=1S/C16H13ClF3N3S/c17-14-6-3-11(8-13(14)16(18,19)20)7-10-1-4-12(5-2-10)23-15(22)24-9-21/h1-6,8-9,21H,7H2,(H2,22,23). The summed E-state index contributed by atoms with van der Waals surface area (Å²) in [5.74, 6) is 0. The molecule has 0 aliphatic heterocycles. The average molecular weight is 372 g/mol. The molecule has 2 rings (SSSR count). The fourth-order valence-corrected chi connectivity index (χ4v) is 2.54. The SMILES string of the molecule is N=CSC(N)=Nc1ccc(Cc2ccc(Cl)c(C(F)(F)F)c2)cc1. The maximum atomic E-state index is 12.9. The molecule has 0 heterocycles. The normalized spacial score (nSPS) is 12.2. The second kappa shape index (κ2) is 7.72. The highest BCUT2D eigenvalue weighted by atomic mass is 35.5. The highest BCUT2D eigenvalue weighted by molar-refractivity contribution is 8.24. The van der Waals surface area contributed by atoms with E-state index < -0.39 is 11.7 Å². The number of halogens is 4. The molecule has 24 heavy (non-hydrogen) atoms. The van der Waals surface area contributed by atoms with E-state index in [9.17, 15) is 13.2 Å². The van der Waals surface area contributed by atoms with Crippen LogP contribution in [0.15, 0.2) is 47.5 Å². The molecule has 0 unspecified atom stereocenters. The first kappa shape index (κ1) is 18.4. The van der Waals surface area contributed by atoms with Crippen LogP contribution >= 0.6 is 23.4 Å². The molecule has 0 spiro atoms. The number of benzene rings is 2. The lowest BCUT2D eigenvalue weighted by atomic mass is 10.0. The van der Waals surface area contributed by atoms with Gasteiger partial charge in [0.1, 0.15) is 0 Å². The Morgan fingerprint density at radius 3 is 2.38 bits per heavy atom. The van der Waals surface area contributed by atoms with Gasteiger partial charge < -0.3 is 11.1 Å². The minimum atomic E-state index is -4.48. The number of rotatable bonds is 4. The molecule has 0 aliphatic carbocycles. The van der Waals surface area contributed by atoms with Gasteiger partial charge in [-0.2, -0.15) is 13.2 Å². The predicted octanol–water partition coefficient (Wildman–Crippen LogP) is 5.24. The van der Waals surface area contributed by atoms with Crippen LogP contribution in [0.5, 0.6) is 0 Å². The number of amidine groups is 1. The van der Waals surface area contributed by atoms with E-state index in [1.165, 1.54) is 6.07 Å². The zero-order valence-electron chi connectivity index (χ0n) is 12.3. The summed E-state index contributed by atoms with van der Waals surface area (Å²) in [7, 11) is 0. The van der Waals surface area contributed by atoms with Gasteiger partial charge in [-0.15, -0.1) is 0 Å². The first-order chi connectivity index (χ1) is 11.3. The minimum Gasteiger partial charge on any atom is -0.378 e. The van der Waals surface area contributed by atoms with E-state index in [1.807, 2.05) is 0 Å². The summed E-state index contributed by atoms with van der Waals surface area (Å²) in [6.45, 7) is 0. The monoisotopic (exact) mass is 371 g/mol. The maximum Gasteiger partial charge on any atom is 0.417 e. The second-order valence-corrected chi connectivity index (χ2v) is 6.14. The molecule has 0 bridgehead atoms. The Kier molecular flexibility index (Phi) is 5.90. The summed E-state index contributed by atoms with van der Waals surface area (Å²) in [5.41, 5.74) is 7.79. The molecule has 0 saturated carbocycles. The second-order valence-electron chi connectivity index (χ2n) is 4.84. The van der Waals surface area contributed by atoms with Gasteiger partial charge >= 0.3 is 6.18 Å². The van der Waals surface area contributed by atoms with Crippen molar-refractivity contribution in [3.63, 3.8) is 0 Å². The van der Waals surface area contributed by atoms with E-state index in [0.717, 1.165) is 28.9 Å². The summed E-state index contributed by atoms with van der Waals surface area (Å²) >= 11 is 6.60. The Bertz CT molecular complexity index is 758. The van der Waals surface area contributed by atoms with Crippen molar-refractivity contribution < 1.29 is 13.2 Å². The molecule has 126 valence electrons. The van der Waals surface area contributed by atoms with Crippen LogP contribution in [0.2, 0.25) is 5.02 Å². The third-order valence-electron chi connectivity index (χ3n) is 3.10. The van der Waals surface area contributed by atoms with Crippen LogP contribution in [0.1, 0.15) is 16.7 Å². The molecular formula is C16H13ClF3N3S. The van der Waals surface area contributed by atoms with Gasteiger partial charge in [-0.05, 0) is 53.6 Å². The highest BCUT2D eigenvalue weighted by Crippen LogP contribution is 2.35. The van der Waals surface area contributed by atoms with Gasteiger partial charge in [-0.1, -0.05) is 29.8 Å². The number of nitrogens with one attached hydrogen (secondary N) is 1. The van der Waals surface area contributed by atoms with Crippen molar-refractivity contribution >= 4 is 39.8 Å². The Labute approximate surface area is 146 Å².